The van der Waals surface area contributed by atoms with Crippen LogP contribution in [0.15, 0.2) is 12.1 Å². The predicted molar refractivity (Wildman–Crippen MR) is 91.1 cm³/mol. The number of rotatable bonds is 4. The summed E-state index contributed by atoms with van der Waals surface area (Å²) in [5.74, 6) is 0.508. The molecule has 0 bridgehead atoms. The van der Waals surface area contributed by atoms with Crippen molar-refractivity contribution < 1.29 is 22.8 Å². The molecule has 1 saturated heterocycles. The molecule has 2 aliphatic heterocycles. The van der Waals surface area contributed by atoms with E-state index in [4.69, 9.17) is 17.7 Å². The number of methoxy groups -OCH3 is 2. The van der Waals surface area contributed by atoms with Gasteiger partial charge in [-0.2, -0.15) is 0 Å². The average molecular weight is 327 g/mol. The number of nitrogens with zero attached hydrogens (tertiary/aromatic N) is 1. The molecule has 1 fully saturated rings. The summed E-state index contributed by atoms with van der Waals surface area (Å²) in [6.45, 7) is 5.88. The van der Waals surface area contributed by atoms with Gasteiger partial charge in [-0.25, -0.2) is 0 Å². The summed E-state index contributed by atoms with van der Waals surface area (Å²) >= 11 is 0. The molecule has 1 aromatic carbocycles. The Kier molecular flexibility index (Phi) is 3.08. The molecule has 0 amide bonds. The Morgan fingerprint density at radius 2 is 2.04 bits per heavy atom. The number of aliphatic hydroxyl groups excluding tert-OH is 1. The van der Waals surface area contributed by atoms with Crippen LogP contribution in [-0.4, -0.2) is 43.3 Å². The van der Waals surface area contributed by atoms with E-state index in [1.165, 1.54) is 0 Å². The maximum atomic E-state index is 10.7. The van der Waals surface area contributed by atoms with E-state index >= 15 is 0 Å². The van der Waals surface area contributed by atoms with Gasteiger partial charge in [0.15, 0.2) is 11.5 Å². The van der Waals surface area contributed by atoms with Gasteiger partial charge in [0.25, 0.3) is 0 Å². The number of benzene rings is 1. The van der Waals surface area contributed by atoms with Crippen molar-refractivity contribution in [1.29, 1.82) is 0 Å². The predicted octanol–water partition coefficient (Wildman–Crippen LogP) is 3.03. The zero-order valence-electron chi connectivity index (χ0n) is 19.7. The number of ether oxygens (including phenoxy) is 2. The lowest BCUT2D eigenvalue weighted by atomic mass is 9.79. The summed E-state index contributed by atoms with van der Waals surface area (Å²) in [6.07, 6.45) is 1.77. The SMILES string of the molecule is [2H][13C]([2H])([2H])Oc1cc2c(cc1O[13C]([2H])([2H])[2H])[C@H]1C[C@H](O)[C@H](CC(C)C)CN1CC2. The number of fused-ring (bicyclic) bond motifs is 3. The molecule has 0 aliphatic carbocycles. The number of piperidine rings is 1. The second-order valence-electron chi connectivity index (χ2n) is 7.16. The van der Waals surface area contributed by atoms with Gasteiger partial charge < -0.3 is 14.6 Å². The largest absolute Gasteiger partial charge is 0.493 e. The summed E-state index contributed by atoms with van der Waals surface area (Å²) < 4.78 is 54.4. The van der Waals surface area contributed by atoms with Crippen molar-refractivity contribution >= 4 is 0 Å². The van der Waals surface area contributed by atoms with Gasteiger partial charge in [0.05, 0.1) is 28.4 Å². The molecule has 1 N–H and O–H groups in total. The minimum Gasteiger partial charge on any atom is -0.493 e. The van der Waals surface area contributed by atoms with E-state index in [1.807, 2.05) is 0 Å². The molecule has 0 spiro atoms. The maximum Gasteiger partial charge on any atom is 0.161 e. The molecule has 3 rings (SSSR count). The normalized spacial score (nSPS) is 32.4. The lowest BCUT2D eigenvalue weighted by Gasteiger charge is -2.46. The molecule has 128 valence electrons. The Bertz CT molecular complexity index is 734. The molecule has 0 unspecified atom stereocenters. The average Bonchev–Trinajstić information content (AvgIpc) is 2.53. The Morgan fingerprint density at radius 1 is 1.30 bits per heavy atom. The molecular formula is C19H29NO3. The Hall–Kier alpha value is -1.26. The van der Waals surface area contributed by atoms with Gasteiger partial charge in [0, 0.05) is 19.1 Å². The molecule has 0 saturated carbocycles. The van der Waals surface area contributed by atoms with Crippen LogP contribution in [0.4, 0.5) is 0 Å². The molecule has 2 heterocycles. The molecule has 4 nitrogen and oxygen atoms in total. The summed E-state index contributed by atoms with van der Waals surface area (Å²) in [6, 6.07) is 3.10. The van der Waals surface area contributed by atoms with Crippen molar-refractivity contribution in [2.75, 3.05) is 27.2 Å². The quantitative estimate of drug-likeness (QED) is 0.863. The van der Waals surface area contributed by atoms with Crippen molar-refractivity contribution in [1.82, 2.24) is 4.90 Å². The van der Waals surface area contributed by atoms with E-state index < -0.39 is 20.2 Å². The molecular weight excluding hydrogens is 292 g/mol. The molecule has 4 heteroatoms. The van der Waals surface area contributed by atoms with Gasteiger partial charge in [0.1, 0.15) is 0 Å². The summed E-state index contributed by atoms with van der Waals surface area (Å²) in [5, 5.41) is 10.7. The fourth-order valence-corrected chi connectivity index (χ4v) is 4.10. The highest BCUT2D eigenvalue weighted by Crippen LogP contribution is 2.43. The lowest BCUT2D eigenvalue weighted by Crippen LogP contribution is -2.48. The highest BCUT2D eigenvalue weighted by Gasteiger charge is 2.38. The van der Waals surface area contributed by atoms with E-state index in [1.54, 1.807) is 12.1 Å². The van der Waals surface area contributed by atoms with E-state index in [2.05, 4.69) is 18.7 Å². The first-order chi connectivity index (χ1) is 13.3. The first-order valence-corrected chi connectivity index (χ1v) is 8.29. The highest BCUT2D eigenvalue weighted by atomic mass is 16.6. The van der Waals surface area contributed by atoms with Crippen LogP contribution >= 0.6 is 0 Å². The first-order valence-electron chi connectivity index (χ1n) is 11.3. The molecule has 23 heavy (non-hydrogen) atoms. The second-order valence-corrected chi connectivity index (χ2v) is 7.16. The fourth-order valence-electron chi connectivity index (χ4n) is 4.10. The van der Waals surface area contributed by atoms with Crippen LogP contribution < -0.4 is 9.47 Å². The fraction of sp³-hybridized carbons (Fsp3) is 0.684. The molecule has 1 aromatic rings. The minimum atomic E-state index is -2.73. The van der Waals surface area contributed by atoms with Crippen LogP contribution in [-0.2, 0) is 6.42 Å². The van der Waals surface area contributed by atoms with Crippen LogP contribution in [0.25, 0.3) is 0 Å². The van der Waals surface area contributed by atoms with E-state index in [9.17, 15) is 5.11 Å². The van der Waals surface area contributed by atoms with Gasteiger partial charge in [-0.1, -0.05) is 13.8 Å². The highest BCUT2D eigenvalue weighted by molar-refractivity contribution is 5.49. The third kappa shape index (κ3) is 3.20. The van der Waals surface area contributed by atoms with Crippen molar-refractivity contribution in [3.05, 3.63) is 23.3 Å². The summed E-state index contributed by atoms with van der Waals surface area (Å²) in [5.41, 5.74) is 1.77. The first kappa shape index (κ1) is 10.6. The van der Waals surface area contributed by atoms with E-state index in [0.29, 0.717) is 18.8 Å². The van der Waals surface area contributed by atoms with Crippen LogP contribution in [0.1, 0.15) is 52.1 Å². The van der Waals surface area contributed by atoms with Crippen LogP contribution in [0, 0.1) is 11.8 Å². The van der Waals surface area contributed by atoms with Crippen molar-refractivity contribution in [2.24, 2.45) is 11.8 Å². The van der Waals surface area contributed by atoms with Crippen LogP contribution in [0.5, 0.6) is 11.5 Å². The number of hydrogen-bond acceptors (Lipinski definition) is 4. The lowest BCUT2D eigenvalue weighted by molar-refractivity contribution is -0.0191. The molecule has 0 aromatic heterocycles. The Labute approximate surface area is 147 Å². The Balaban J connectivity index is 1.94. The third-order valence-corrected chi connectivity index (χ3v) is 5.15. The van der Waals surface area contributed by atoms with Crippen LogP contribution in [0.3, 0.4) is 0 Å². The van der Waals surface area contributed by atoms with Gasteiger partial charge in [0.2, 0.25) is 0 Å². The van der Waals surface area contributed by atoms with Crippen molar-refractivity contribution in [3.8, 4) is 11.5 Å². The summed E-state index contributed by atoms with van der Waals surface area (Å²) in [4.78, 5) is 2.32. The molecule has 3 atom stereocenters. The van der Waals surface area contributed by atoms with Gasteiger partial charge in [-0.05, 0) is 54.4 Å². The van der Waals surface area contributed by atoms with Crippen molar-refractivity contribution in [2.45, 2.75) is 45.3 Å². The standard InChI is InChI=1S/C19H29NO3/c1-12(2)7-14-11-20-6-5-13-8-18(22-3)19(23-4)9-15(13)16(20)10-17(14)21/h8-9,12,14,16-17,21H,5-7,10-11H2,1-4H3/t14-,16-,17+/m1/s1/i3+1D3,4+1D3. The smallest absolute Gasteiger partial charge is 0.161 e. The van der Waals surface area contributed by atoms with E-state index in [-0.39, 0.29) is 23.5 Å². The topological polar surface area (TPSA) is 41.9 Å². The van der Waals surface area contributed by atoms with Crippen molar-refractivity contribution in [3.63, 3.8) is 0 Å². The minimum absolute atomic E-state index is 0.0575. The number of aliphatic hydroxyl groups is 1. The second kappa shape index (κ2) is 6.70. The summed E-state index contributed by atoms with van der Waals surface area (Å²) in [7, 11) is -5.45. The Morgan fingerprint density at radius 3 is 2.74 bits per heavy atom. The third-order valence-electron chi connectivity index (χ3n) is 5.15. The van der Waals surface area contributed by atoms with Gasteiger partial charge in [-0.3, -0.25) is 4.90 Å². The van der Waals surface area contributed by atoms with E-state index in [0.717, 1.165) is 30.6 Å². The monoisotopic (exact) mass is 327 g/mol. The molecule has 2 aliphatic rings. The zero-order chi connectivity index (χ0) is 21.6. The van der Waals surface area contributed by atoms with Gasteiger partial charge in [-0.15, -0.1) is 0 Å². The number of hydrogen-bond donors (Lipinski definition) is 1. The van der Waals surface area contributed by atoms with Gasteiger partial charge >= 0.3 is 0 Å². The zero-order valence-corrected chi connectivity index (χ0v) is 13.7. The van der Waals surface area contributed by atoms with Crippen LogP contribution in [0.2, 0.25) is 0 Å². The maximum absolute atomic E-state index is 10.7. The molecule has 0 radical (unpaired) electrons.